The lowest BCUT2D eigenvalue weighted by atomic mass is 10.2. The van der Waals surface area contributed by atoms with Gasteiger partial charge in [-0.1, -0.05) is 48.0 Å². The number of benzene rings is 2. The lowest BCUT2D eigenvalue weighted by molar-refractivity contribution is 0.790. The van der Waals surface area contributed by atoms with Crippen LogP contribution in [0, 0.1) is 6.92 Å². The minimum atomic E-state index is 0.802. The van der Waals surface area contributed by atoms with Crippen molar-refractivity contribution in [2.45, 2.75) is 13.5 Å². The normalized spacial score (nSPS) is 11.1. The number of hydrogen-bond donors (Lipinski definition) is 0. The second-order valence-electron chi connectivity index (χ2n) is 4.99. The van der Waals surface area contributed by atoms with E-state index in [1.807, 2.05) is 42.7 Å². The van der Waals surface area contributed by atoms with Crippen LogP contribution in [0.5, 0.6) is 0 Å². The fourth-order valence-electron chi connectivity index (χ4n) is 2.13. The van der Waals surface area contributed by atoms with Crippen molar-refractivity contribution >= 4 is 11.9 Å². The van der Waals surface area contributed by atoms with Crippen LogP contribution in [0.25, 0.3) is 0 Å². The van der Waals surface area contributed by atoms with Crippen LogP contribution < -0.4 is 0 Å². The van der Waals surface area contributed by atoms with Gasteiger partial charge >= 0.3 is 0 Å². The number of aryl methyl sites for hydroxylation is 1. The Labute approximate surface area is 124 Å². The van der Waals surface area contributed by atoms with Crippen LogP contribution in [0.3, 0.4) is 0 Å². The standard InChI is InChI=1S/C18H17N3/c1-15-7-9-17(10-8-15)20-13-18-19-11-12-21(18)14-16-5-3-2-4-6-16/h2-13H,14H2,1H3. The van der Waals surface area contributed by atoms with Gasteiger partial charge in [-0.15, -0.1) is 0 Å². The Hall–Kier alpha value is -2.68. The third-order valence-corrected chi connectivity index (χ3v) is 3.31. The molecule has 3 heteroatoms. The monoisotopic (exact) mass is 275 g/mol. The Balaban J connectivity index is 1.78. The molecule has 0 amide bonds. The predicted molar refractivity (Wildman–Crippen MR) is 86.2 cm³/mol. The topological polar surface area (TPSA) is 30.2 Å². The van der Waals surface area contributed by atoms with Gasteiger partial charge in [-0.25, -0.2) is 4.98 Å². The number of rotatable bonds is 4. The van der Waals surface area contributed by atoms with Crippen LogP contribution in [0.4, 0.5) is 5.69 Å². The molecule has 0 radical (unpaired) electrons. The maximum absolute atomic E-state index is 4.48. The van der Waals surface area contributed by atoms with Crippen molar-refractivity contribution < 1.29 is 0 Å². The first-order chi connectivity index (χ1) is 10.3. The Morgan fingerprint density at radius 1 is 1.05 bits per heavy atom. The average molecular weight is 275 g/mol. The number of aromatic nitrogens is 2. The number of hydrogen-bond acceptors (Lipinski definition) is 2. The highest BCUT2D eigenvalue weighted by atomic mass is 15.1. The zero-order valence-electron chi connectivity index (χ0n) is 12.0. The third kappa shape index (κ3) is 3.45. The van der Waals surface area contributed by atoms with Gasteiger partial charge in [0.05, 0.1) is 11.9 Å². The molecule has 3 rings (SSSR count). The smallest absolute Gasteiger partial charge is 0.151 e. The van der Waals surface area contributed by atoms with Crippen LogP contribution in [0.1, 0.15) is 17.0 Å². The van der Waals surface area contributed by atoms with Crippen molar-refractivity contribution in [2.75, 3.05) is 0 Å². The van der Waals surface area contributed by atoms with Crippen molar-refractivity contribution in [3.8, 4) is 0 Å². The van der Waals surface area contributed by atoms with E-state index in [1.54, 1.807) is 6.20 Å². The maximum atomic E-state index is 4.48. The van der Waals surface area contributed by atoms with Crippen LogP contribution >= 0.6 is 0 Å². The Bertz CT molecular complexity index is 725. The molecule has 1 heterocycles. The molecular formula is C18H17N3. The van der Waals surface area contributed by atoms with Gasteiger partial charge in [-0.2, -0.15) is 0 Å². The molecule has 0 aliphatic heterocycles. The second kappa shape index (κ2) is 6.18. The summed E-state index contributed by atoms with van der Waals surface area (Å²) in [6.45, 7) is 2.87. The molecule has 2 aromatic carbocycles. The van der Waals surface area contributed by atoms with Crippen LogP contribution in [0.2, 0.25) is 0 Å². The Morgan fingerprint density at radius 3 is 2.57 bits per heavy atom. The molecule has 0 fully saturated rings. The summed E-state index contributed by atoms with van der Waals surface area (Å²) in [6, 6.07) is 18.5. The summed E-state index contributed by atoms with van der Waals surface area (Å²) in [6.07, 6.45) is 5.59. The first-order valence-electron chi connectivity index (χ1n) is 6.97. The van der Waals surface area contributed by atoms with Gasteiger partial charge in [0.1, 0.15) is 0 Å². The Kier molecular flexibility index (Phi) is 3.92. The lowest BCUT2D eigenvalue weighted by Gasteiger charge is -2.04. The molecular weight excluding hydrogens is 258 g/mol. The molecule has 0 saturated carbocycles. The van der Waals surface area contributed by atoms with E-state index >= 15 is 0 Å². The van der Waals surface area contributed by atoms with Crippen molar-refractivity contribution in [3.05, 3.63) is 83.9 Å². The van der Waals surface area contributed by atoms with E-state index < -0.39 is 0 Å². The quantitative estimate of drug-likeness (QED) is 0.662. The van der Waals surface area contributed by atoms with Gasteiger partial charge in [-0.05, 0) is 24.6 Å². The summed E-state index contributed by atoms with van der Waals surface area (Å²) in [5.74, 6) is 0.861. The molecule has 104 valence electrons. The van der Waals surface area contributed by atoms with E-state index in [2.05, 4.69) is 45.7 Å². The largest absolute Gasteiger partial charge is 0.326 e. The van der Waals surface area contributed by atoms with Gasteiger partial charge in [0.15, 0.2) is 5.82 Å². The summed E-state index contributed by atoms with van der Waals surface area (Å²) >= 11 is 0. The average Bonchev–Trinajstić information content (AvgIpc) is 2.95. The van der Waals surface area contributed by atoms with Gasteiger partial charge in [0, 0.05) is 18.9 Å². The summed E-state index contributed by atoms with van der Waals surface area (Å²) in [4.78, 5) is 8.84. The molecule has 0 spiro atoms. The van der Waals surface area contributed by atoms with E-state index in [9.17, 15) is 0 Å². The minimum absolute atomic E-state index is 0.802. The lowest BCUT2D eigenvalue weighted by Crippen LogP contribution is -2.03. The van der Waals surface area contributed by atoms with Gasteiger partial charge in [-0.3, -0.25) is 4.99 Å². The molecule has 3 nitrogen and oxygen atoms in total. The van der Waals surface area contributed by atoms with E-state index in [0.29, 0.717) is 0 Å². The highest BCUT2D eigenvalue weighted by Crippen LogP contribution is 2.12. The number of aliphatic imine (C=N–C) groups is 1. The number of nitrogens with zero attached hydrogens (tertiary/aromatic N) is 3. The summed E-state index contributed by atoms with van der Waals surface area (Å²) in [5.41, 5.74) is 3.43. The van der Waals surface area contributed by atoms with Gasteiger partial charge in [0.2, 0.25) is 0 Å². The zero-order chi connectivity index (χ0) is 14.5. The zero-order valence-corrected chi connectivity index (χ0v) is 12.0. The molecule has 21 heavy (non-hydrogen) atoms. The highest BCUT2D eigenvalue weighted by Gasteiger charge is 2.00. The fraction of sp³-hybridized carbons (Fsp3) is 0.111. The molecule has 1 aromatic heterocycles. The highest BCUT2D eigenvalue weighted by molar-refractivity contribution is 5.77. The van der Waals surface area contributed by atoms with E-state index in [-0.39, 0.29) is 0 Å². The SMILES string of the molecule is Cc1ccc(N=Cc2nccn2Cc2ccccc2)cc1. The summed E-state index contributed by atoms with van der Waals surface area (Å²) in [5, 5.41) is 0. The van der Waals surface area contributed by atoms with E-state index in [4.69, 9.17) is 0 Å². The molecule has 0 aliphatic carbocycles. The molecule has 0 N–H and O–H groups in total. The molecule has 0 saturated heterocycles. The van der Waals surface area contributed by atoms with Crippen LogP contribution in [-0.4, -0.2) is 15.8 Å². The van der Waals surface area contributed by atoms with Gasteiger partial charge < -0.3 is 4.57 Å². The minimum Gasteiger partial charge on any atom is -0.326 e. The third-order valence-electron chi connectivity index (χ3n) is 3.31. The van der Waals surface area contributed by atoms with Crippen LogP contribution in [0.15, 0.2) is 72.0 Å². The second-order valence-corrected chi connectivity index (χ2v) is 4.99. The molecule has 0 aliphatic rings. The fourth-order valence-corrected chi connectivity index (χ4v) is 2.13. The summed E-state index contributed by atoms with van der Waals surface area (Å²) in [7, 11) is 0. The molecule has 0 bridgehead atoms. The molecule has 3 aromatic rings. The van der Waals surface area contributed by atoms with Crippen molar-refractivity contribution in [1.82, 2.24) is 9.55 Å². The van der Waals surface area contributed by atoms with Crippen molar-refractivity contribution in [1.29, 1.82) is 0 Å². The summed E-state index contributed by atoms with van der Waals surface area (Å²) < 4.78 is 2.09. The first kappa shape index (κ1) is 13.3. The number of imidazole rings is 1. The first-order valence-corrected chi connectivity index (χ1v) is 6.97. The molecule has 0 unspecified atom stereocenters. The van der Waals surface area contributed by atoms with Gasteiger partial charge in [0.25, 0.3) is 0 Å². The maximum Gasteiger partial charge on any atom is 0.151 e. The van der Waals surface area contributed by atoms with E-state index in [0.717, 1.165) is 18.1 Å². The molecule has 0 atom stereocenters. The van der Waals surface area contributed by atoms with Crippen molar-refractivity contribution in [3.63, 3.8) is 0 Å². The van der Waals surface area contributed by atoms with Crippen molar-refractivity contribution in [2.24, 2.45) is 4.99 Å². The van der Waals surface area contributed by atoms with E-state index in [1.165, 1.54) is 11.1 Å². The van der Waals surface area contributed by atoms with Crippen LogP contribution in [-0.2, 0) is 6.54 Å². The predicted octanol–water partition coefficient (Wildman–Crippen LogP) is 3.99. The Morgan fingerprint density at radius 2 is 1.81 bits per heavy atom.